The Morgan fingerprint density at radius 1 is 1.11 bits per heavy atom. The summed E-state index contributed by atoms with van der Waals surface area (Å²) in [6.07, 6.45) is 4.97. The van der Waals surface area contributed by atoms with Crippen molar-refractivity contribution in [3.63, 3.8) is 0 Å². The van der Waals surface area contributed by atoms with Crippen molar-refractivity contribution in [1.82, 2.24) is 0 Å². The van der Waals surface area contributed by atoms with Crippen molar-refractivity contribution >= 4 is 17.7 Å². The number of rotatable bonds is 5. The van der Waals surface area contributed by atoms with Crippen LogP contribution in [0.15, 0.2) is 53.6 Å². The van der Waals surface area contributed by atoms with Gasteiger partial charge in [0.15, 0.2) is 5.78 Å². The monoisotopic (exact) mass is 506 g/mol. The van der Waals surface area contributed by atoms with E-state index in [1.807, 2.05) is 45.9 Å². The predicted octanol–water partition coefficient (Wildman–Crippen LogP) is 4.92. The largest absolute Gasteiger partial charge is 0.458 e. The molecule has 0 spiro atoms. The number of hydrogen-bond acceptors (Lipinski definition) is 6. The fourth-order valence-corrected chi connectivity index (χ4v) is 7.64. The molecule has 0 aliphatic heterocycles. The Labute approximate surface area is 219 Å². The van der Waals surface area contributed by atoms with Gasteiger partial charge in [0.05, 0.1) is 17.1 Å². The van der Waals surface area contributed by atoms with Crippen molar-refractivity contribution in [2.24, 2.45) is 40.9 Å². The Morgan fingerprint density at radius 3 is 2.43 bits per heavy atom. The normalized spacial score (nSPS) is 37.4. The first-order valence-electron chi connectivity index (χ1n) is 13.4. The van der Waals surface area contributed by atoms with Crippen LogP contribution >= 0.6 is 0 Å². The molecule has 0 amide bonds. The lowest BCUT2D eigenvalue weighted by molar-refractivity contribution is -0.175. The lowest BCUT2D eigenvalue weighted by Gasteiger charge is -2.49. The molecule has 2 fully saturated rings. The van der Waals surface area contributed by atoms with Gasteiger partial charge in [0, 0.05) is 29.1 Å². The third kappa shape index (κ3) is 3.74. The smallest absolute Gasteiger partial charge is 0.338 e. The van der Waals surface area contributed by atoms with Gasteiger partial charge in [-0.1, -0.05) is 65.0 Å². The van der Waals surface area contributed by atoms with E-state index in [1.165, 1.54) is 0 Å². The molecule has 2 saturated carbocycles. The van der Waals surface area contributed by atoms with Gasteiger partial charge in [0.2, 0.25) is 0 Å². The maximum absolute atomic E-state index is 13.2. The van der Waals surface area contributed by atoms with Crippen molar-refractivity contribution in [1.29, 1.82) is 0 Å². The lowest BCUT2D eigenvalue weighted by atomic mass is 9.61. The number of ketones is 1. The maximum atomic E-state index is 13.2. The van der Waals surface area contributed by atoms with Crippen molar-refractivity contribution in [2.45, 2.75) is 65.6 Å². The van der Waals surface area contributed by atoms with Crippen molar-refractivity contribution in [2.75, 3.05) is 6.61 Å². The minimum absolute atomic E-state index is 0.0460. The number of esters is 2. The molecule has 1 aromatic carbocycles. The molecule has 0 heterocycles. The Hall–Kier alpha value is -2.73. The highest BCUT2D eigenvalue weighted by molar-refractivity contribution is 6.00. The SMILES string of the molecule is CC1=C[C@@H]2[C@H](CC(COC(=O)c3ccccc3)=C[C@H]3[C@@H]4C(C)(C)[C@]4(OC(=O)C(C)C)C[C@@H](C)[C@]23O)C1=O. The second kappa shape index (κ2) is 8.65. The lowest BCUT2D eigenvalue weighted by Crippen LogP contribution is -2.56. The summed E-state index contributed by atoms with van der Waals surface area (Å²) in [7, 11) is 0. The molecule has 0 radical (unpaired) electrons. The molecule has 5 rings (SSSR count). The standard InChI is InChI=1S/C31H38O6/c1-17(2)27(33)37-30-15-19(4)31(35)23-12-18(3)25(32)22(23)13-20(14-24(31)26(30)29(30,5)6)16-36-28(34)21-10-8-7-9-11-21/h7-12,14,17,19,22-24,26,35H,13,15-16H2,1-6H3/t19-,22+,23-,24+,26-,30+,31+/m1/s1. The molecular formula is C31H38O6. The van der Waals surface area contributed by atoms with Gasteiger partial charge in [-0.2, -0.15) is 0 Å². The highest BCUT2D eigenvalue weighted by Gasteiger charge is 2.82. The molecule has 4 aliphatic carbocycles. The number of aliphatic hydroxyl groups is 1. The van der Waals surface area contributed by atoms with E-state index in [0.29, 0.717) is 24.0 Å². The Balaban J connectivity index is 1.53. The number of carbonyl (C=O) groups excluding carboxylic acids is 3. The fourth-order valence-electron chi connectivity index (χ4n) is 7.64. The molecule has 0 aromatic heterocycles. The van der Waals surface area contributed by atoms with Gasteiger partial charge in [0.1, 0.15) is 12.2 Å². The second-order valence-electron chi connectivity index (χ2n) is 12.5. The quantitative estimate of drug-likeness (QED) is 0.451. The van der Waals surface area contributed by atoms with E-state index in [4.69, 9.17) is 9.47 Å². The van der Waals surface area contributed by atoms with Crippen LogP contribution in [-0.2, 0) is 19.1 Å². The highest BCUT2D eigenvalue weighted by Crippen LogP contribution is 2.76. The second-order valence-corrected chi connectivity index (χ2v) is 12.5. The molecule has 6 heteroatoms. The Morgan fingerprint density at radius 2 is 1.78 bits per heavy atom. The van der Waals surface area contributed by atoms with Crippen LogP contribution in [0.2, 0.25) is 0 Å². The van der Waals surface area contributed by atoms with E-state index in [0.717, 1.165) is 5.57 Å². The molecule has 6 nitrogen and oxygen atoms in total. The van der Waals surface area contributed by atoms with Gasteiger partial charge in [-0.15, -0.1) is 0 Å². The van der Waals surface area contributed by atoms with E-state index >= 15 is 0 Å². The van der Waals surface area contributed by atoms with Gasteiger partial charge < -0.3 is 14.6 Å². The molecule has 0 unspecified atom stereocenters. The molecule has 7 atom stereocenters. The average Bonchev–Trinajstić information content (AvgIpc) is 3.23. The number of allylic oxidation sites excluding steroid dienone is 1. The molecule has 37 heavy (non-hydrogen) atoms. The van der Waals surface area contributed by atoms with E-state index in [9.17, 15) is 19.5 Å². The molecule has 1 aromatic rings. The minimum Gasteiger partial charge on any atom is -0.458 e. The van der Waals surface area contributed by atoms with Crippen molar-refractivity contribution < 1.29 is 29.0 Å². The summed E-state index contributed by atoms with van der Waals surface area (Å²) in [5.41, 5.74) is -0.212. The Kier molecular flexibility index (Phi) is 6.06. The summed E-state index contributed by atoms with van der Waals surface area (Å²) in [6, 6.07) is 8.83. The first-order valence-corrected chi connectivity index (χ1v) is 13.4. The third-order valence-corrected chi connectivity index (χ3v) is 9.75. The number of Topliss-reactive ketones (excluding diaryl/α,β-unsaturated/α-hetero) is 1. The van der Waals surface area contributed by atoms with E-state index < -0.39 is 23.1 Å². The van der Waals surface area contributed by atoms with Crippen LogP contribution in [0.1, 0.15) is 64.7 Å². The van der Waals surface area contributed by atoms with E-state index in [-0.39, 0.29) is 53.4 Å². The van der Waals surface area contributed by atoms with Crippen molar-refractivity contribution in [3.8, 4) is 0 Å². The number of benzene rings is 1. The first kappa shape index (κ1) is 25.9. The summed E-state index contributed by atoms with van der Waals surface area (Å²) < 4.78 is 11.9. The van der Waals surface area contributed by atoms with Gasteiger partial charge in [0.25, 0.3) is 0 Å². The number of fused-ring (bicyclic) bond motifs is 5. The summed E-state index contributed by atoms with van der Waals surface area (Å²) in [4.78, 5) is 38.7. The number of carbonyl (C=O) groups is 3. The first-order chi connectivity index (χ1) is 17.3. The fraction of sp³-hybridized carbons (Fsp3) is 0.581. The predicted molar refractivity (Wildman–Crippen MR) is 138 cm³/mol. The zero-order valence-electron chi connectivity index (χ0n) is 22.6. The maximum Gasteiger partial charge on any atom is 0.338 e. The van der Waals surface area contributed by atoms with Crippen molar-refractivity contribution in [3.05, 3.63) is 59.2 Å². The minimum atomic E-state index is -1.17. The van der Waals surface area contributed by atoms with Gasteiger partial charge >= 0.3 is 11.9 Å². The third-order valence-electron chi connectivity index (χ3n) is 9.75. The molecule has 4 aliphatic rings. The zero-order chi connectivity index (χ0) is 26.9. The Bertz CT molecular complexity index is 1190. The van der Waals surface area contributed by atoms with Crippen LogP contribution in [0.3, 0.4) is 0 Å². The summed E-state index contributed by atoms with van der Waals surface area (Å²) >= 11 is 0. The molecule has 1 N–H and O–H groups in total. The average molecular weight is 507 g/mol. The van der Waals surface area contributed by atoms with E-state index in [1.54, 1.807) is 24.3 Å². The van der Waals surface area contributed by atoms with Gasteiger partial charge in [-0.05, 0) is 49.0 Å². The number of ether oxygens (including phenoxy) is 2. The molecule has 0 saturated heterocycles. The van der Waals surface area contributed by atoms with Crippen LogP contribution in [0.25, 0.3) is 0 Å². The summed E-state index contributed by atoms with van der Waals surface area (Å²) in [5, 5.41) is 12.5. The van der Waals surface area contributed by atoms with Crippen LogP contribution in [0.5, 0.6) is 0 Å². The van der Waals surface area contributed by atoms with Crippen LogP contribution < -0.4 is 0 Å². The van der Waals surface area contributed by atoms with Gasteiger partial charge in [-0.25, -0.2) is 4.79 Å². The van der Waals surface area contributed by atoms with Gasteiger partial charge in [-0.3, -0.25) is 9.59 Å². The topological polar surface area (TPSA) is 89.9 Å². The summed E-state index contributed by atoms with van der Waals surface area (Å²) in [6.45, 7) is 11.8. The number of hydrogen-bond donors (Lipinski definition) is 1. The highest BCUT2D eigenvalue weighted by atomic mass is 16.6. The van der Waals surface area contributed by atoms with Crippen LogP contribution in [0, 0.1) is 40.9 Å². The molecular weight excluding hydrogens is 468 g/mol. The van der Waals surface area contributed by atoms with Crippen LogP contribution in [-0.4, -0.2) is 40.6 Å². The summed E-state index contributed by atoms with van der Waals surface area (Å²) in [5.74, 6) is -2.25. The van der Waals surface area contributed by atoms with E-state index in [2.05, 4.69) is 13.8 Å². The van der Waals surface area contributed by atoms with Crippen LogP contribution in [0.4, 0.5) is 0 Å². The zero-order valence-corrected chi connectivity index (χ0v) is 22.6. The molecule has 0 bridgehead atoms. The molecule has 198 valence electrons.